The molecule has 0 fully saturated rings. The van der Waals surface area contributed by atoms with Crippen molar-refractivity contribution in [3.63, 3.8) is 0 Å². The lowest BCUT2D eigenvalue weighted by atomic mass is 9.90. The molecule has 0 amide bonds. The average molecular weight is 516 g/mol. The number of thioether (sulfide) groups is 1. The molecule has 0 spiro atoms. The van der Waals surface area contributed by atoms with Crippen molar-refractivity contribution in [2.24, 2.45) is 0 Å². The van der Waals surface area contributed by atoms with E-state index in [0.717, 1.165) is 51.7 Å². The van der Waals surface area contributed by atoms with Crippen molar-refractivity contribution in [2.45, 2.75) is 44.5 Å². The molecule has 0 saturated carbocycles. The summed E-state index contributed by atoms with van der Waals surface area (Å²) in [6.07, 6.45) is 5.60. The summed E-state index contributed by atoms with van der Waals surface area (Å²) in [6, 6.07) is 26.0. The highest BCUT2D eigenvalue weighted by atomic mass is 35.5. The summed E-state index contributed by atoms with van der Waals surface area (Å²) in [5.74, 6) is 0. The summed E-state index contributed by atoms with van der Waals surface area (Å²) < 4.78 is 0. The van der Waals surface area contributed by atoms with Gasteiger partial charge >= 0.3 is 0 Å². The lowest BCUT2D eigenvalue weighted by molar-refractivity contribution is -0.109. The van der Waals surface area contributed by atoms with Crippen molar-refractivity contribution in [2.75, 3.05) is 0 Å². The molecule has 36 heavy (non-hydrogen) atoms. The number of pyridine rings is 1. The van der Waals surface area contributed by atoms with Gasteiger partial charge < -0.3 is 5.11 Å². The largest absolute Gasteiger partial charge is 0.386 e. The Bertz CT molecular complexity index is 1410. The summed E-state index contributed by atoms with van der Waals surface area (Å²) in [7, 11) is 0. The predicted molar refractivity (Wildman–Crippen MR) is 153 cm³/mol. The smallest absolute Gasteiger partial charge is 0.186 e. The van der Waals surface area contributed by atoms with Gasteiger partial charge in [0.05, 0.1) is 16.8 Å². The maximum absolute atomic E-state index is 12.1. The first kappa shape index (κ1) is 26.2. The van der Waals surface area contributed by atoms with Crippen molar-refractivity contribution in [3.05, 3.63) is 112 Å². The van der Waals surface area contributed by atoms with Gasteiger partial charge in [0.15, 0.2) is 5.12 Å². The van der Waals surface area contributed by atoms with Gasteiger partial charge in [-0.15, -0.1) is 0 Å². The average Bonchev–Trinajstić information content (AvgIpc) is 2.84. The number of aryl methyl sites for hydroxylation is 1. The zero-order chi connectivity index (χ0) is 25.7. The quantitative estimate of drug-likeness (QED) is 0.256. The Kier molecular flexibility index (Phi) is 8.30. The van der Waals surface area contributed by atoms with Crippen LogP contribution in [0, 0.1) is 0 Å². The van der Waals surface area contributed by atoms with Gasteiger partial charge in [-0.1, -0.05) is 90.1 Å². The highest BCUT2D eigenvalue weighted by Gasteiger charge is 2.21. The number of rotatable bonds is 8. The second-order valence-corrected chi connectivity index (χ2v) is 11.2. The number of carbonyl (C=O) groups excluding carboxylic acids is 1. The van der Waals surface area contributed by atoms with Crippen LogP contribution in [0.2, 0.25) is 5.02 Å². The fourth-order valence-corrected chi connectivity index (χ4v) is 5.44. The van der Waals surface area contributed by atoms with Crippen molar-refractivity contribution in [1.82, 2.24) is 4.98 Å². The van der Waals surface area contributed by atoms with E-state index in [2.05, 4.69) is 24.3 Å². The third kappa shape index (κ3) is 6.85. The van der Waals surface area contributed by atoms with Crippen LogP contribution in [-0.2, 0) is 16.8 Å². The number of hydrogen-bond donors (Lipinski definition) is 1. The van der Waals surface area contributed by atoms with Crippen LogP contribution in [0.4, 0.5) is 0 Å². The molecule has 1 heterocycles. The van der Waals surface area contributed by atoms with Gasteiger partial charge in [0.25, 0.3) is 0 Å². The van der Waals surface area contributed by atoms with Crippen LogP contribution < -0.4 is 0 Å². The third-order valence-electron chi connectivity index (χ3n) is 6.07. The van der Waals surface area contributed by atoms with E-state index in [1.165, 1.54) is 11.8 Å². The van der Waals surface area contributed by atoms with Crippen LogP contribution in [0.25, 0.3) is 23.1 Å². The second kappa shape index (κ2) is 11.4. The lowest BCUT2D eigenvalue weighted by Gasteiger charge is -2.23. The van der Waals surface area contributed by atoms with E-state index >= 15 is 0 Å². The molecule has 0 aliphatic heterocycles. The fraction of sp³-hybridized carbons (Fsp3) is 0.226. The van der Waals surface area contributed by atoms with Crippen LogP contribution in [-0.4, -0.2) is 15.2 Å². The van der Waals surface area contributed by atoms with E-state index in [9.17, 15) is 9.90 Å². The number of carbonyl (C=O) groups is 1. The Morgan fingerprint density at radius 1 is 1.03 bits per heavy atom. The molecule has 4 aromatic rings. The maximum Gasteiger partial charge on any atom is 0.186 e. The first-order valence-corrected chi connectivity index (χ1v) is 13.3. The monoisotopic (exact) mass is 515 g/mol. The van der Waals surface area contributed by atoms with Crippen molar-refractivity contribution < 1.29 is 9.90 Å². The zero-order valence-electron chi connectivity index (χ0n) is 20.7. The van der Waals surface area contributed by atoms with E-state index in [1.54, 1.807) is 6.92 Å². The van der Waals surface area contributed by atoms with Gasteiger partial charge in [0.1, 0.15) is 0 Å². The summed E-state index contributed by atoms with van der Waals surface area (Å²) in [6.45, 7) is 5.23. The molecule has 0 saturated heterocycles. The van der Waals surface area contributed by atoms with Crippen molar-refractivity contribution >= 4 is 51.5 Å². The van der Waals surface area contributed by atoms with Gasteiger partial charge in [-0.25, -0.2) is 4.98 Å². The van der Waals surface area contributed by atoms with Crippen LogP contribution >= 0.6 is 23.4 Å². The van der Waals surface area contributed by atoms with Crippen LogP contribution in [0.15, 0.2) is 78.9 Å². The molecule has 5 heteroatoms. The minimum atomic E-state index is -0.910. The van der Waals surface area contributed by atoms with Crippen LogP contribution in [0.3, 0.4) is 0 Å². The number of fused-ring (bicyclic) bond motifs is 1. The molecular weight excluding hydrogens is 486 g/mol. The summed E-state index contributed by atoms with van der Waals surface area (Å²) in [5, 5.41) is 12.4. The van der Waals surface area contributed by atoms with Gasteiger partial charge in [0, 0.05) is 22.6 Å². The van der Waals surface area contributed by atoms with Crippen LogP contribution in [0.5, 0.6) is 0 Å². The number of benzene rings is 3. The van der Waals surface area contributed by atoms with Gasteiger partial charge in [0.2, 0.25) is 0 Å². The molecule has 1 aromatic heterocycles. The Morgan fingerprint density at radius 2 is 1.81 bits per heavy atom. The number of hydrogen-bond acceptors (Lipinski definition) is 4. The molecule has 1 atom stereocenters. The SMILES string of the molecule is CC(=O)S[C@@H](CCc1ccccc1C(C)(C)O)c1cccc(C=Cc2ccc3ccc(Cl)cc3n2)c1. The Balaban J connectivity index is 1.55. The number of nitrogens with zero attached hydrogens (tertiary/aromatic N) is 1. The highest BCUT2D eigenvalue weighted by molar-refractivity contribution is 8.13. The molecular formula is C31H30ClNO2S. The molecule has 3 nitrogen and oxygen atoms in total. The van der Waals surface area contributed by atoms with E-state index < -0.39 is 5.60 Å². The molecule has 3 aromatic carbocycles. The summed E-state index contributed by atoms with van der Waals surface area (Å²) in [4.78, 5) is 16.8. The van der Waals surface area contributed by atoms with E-state index in [-0.39, 0.29) is 10.4 Å². The normalized spacial score (nSPS) is 12.8. The van der Waals surface area contributed by atoms with Crippen molar-refractivity contribution in [3.8, 4) is 0 Å². The summed E-state index contributed by atoms with van der Waals surface area (Å²) >= 11 is 7.49. The standard InChI is InChI=1S/C31H30ClNO2S/c1-21(34)36-30(18-14-23-8-4-5-10-28(23)31(2,3)35)25-9-6-7-22(19-25)11-16-27-17-13-24-12-15-26(32)20-29(24)33-27/h4-13,15-17,19-20,30,35H,14,18H2,1-3H3/t30-/m0/s1. The Labute approximate surface area is 222 Å². The van der Waals surface area contributed by atoms with Gasteiger partial charge in [-0.2, -0.15) is 0 Å². The topological polar surface area (TPSA) is 50.2 Å². The Hall–Kier alpha value is -2.92. The summed E-state index contributed by atoms with van der Waals surface area (Å²) in [5.41, 5.74) is 5.00. The van der Waals surface area contributed by atoms with E-state index in [1.807, 2.05) is 80.6 Å². The molecule has 1 N–H and O–H groups in total. The highest BCUT2D eigenvalue weighted by Crippen LogP contribution is 2.36. The van der Waals surface area contributed by atoms with Crippen molar-refractivity contribution in [1.29, 1.82) is 0 Å². The Morgan fingerprint density at radius 3 is 2.58 bits per heavy atom. The van der Waals surface area contributed by atoms with Gasteiger partial charge in [-0.3, -0.25) is 4.79 Å². The van der Waals surface area contributed by atoms with Crippen LogP contribution in [0.1, 0.15) is 60.4 Å². The molecule has 0 aliphatic rings. The van der Waals surface area contributed by atoms with E-state index in [0.29, 0.717) is 5.02 Å². The first-order valence-electron chi connectivity index (χ1n) is 12.0. The van der Waals surface area contributed by atoms with E-state index in [4.69, 9.17) is 16.6 Å². The molecule has 4 rings (SSSR count). The molecule has 0 radical (unpaired) electrons. The lowest BCUT2D eigenvalue weighted by Crippen LogP contribution is -2.18. The maximum atomic E-state index is 12.1. The molecule has 184 valence electrons. The number of aliphatic hydroxyl groups is 1. The third-order valence-corrected chi connectivity index (χ3v) is 7.42. The predicted octanol–water partition coefficient (Wildman–Crippen LogP) is 8.24. The second-order valence-electron chi connectivity index (χ2n) is 9.43. The molecule has 0 unspecified atom stereocenters. The number of aromatic nitrogens is 1. The van der Waals surface area contributed by atoms with Gasteiger partial charge in [-0.05, 0) is 73.2 Å². The molecule has 0 aliphatic carbocycles. The minimum absolute atomic E-state index is 0.0200. The fourth-order valence-electron chi connectivity index (χ4n) is 4.36. The number of halogens is 1. The zero-order valence-corrected chi connectivity index (χ0v) is 22.3. The minimum Gasteiger partial charge on any atom is -0.386 e. The first-order chi connectivity index (χ1) is 17.2. The molecule has 0 bridgehead atoms.